The molecule has 1 aromatic carbocycles. The standard InChI is InChI=1S/C17H21N3O7S/c1-10-8-13(21)20(10)14(16(23)24)17(2,28(25)26)9-18-19-15(22)11-4-6-12(27-3)7-5-11/h4-7,9-10,14H,8H2,1-3H3,(H,19,22)(H,23,24)(H,25,26)/b18-9+/t10-,14+,17+/m1/s1. The molecule has 0 saturated carbocycles. The van der Waals surface area contributed by atoms with Crippen molar-refractivity contribution in [2.24, 2.45) is 5.10 Å². The molecule has 1 aliphatic heterocycles. The molecule has 1 fully saturated rings. The summed E-state index contributed by atoms with van der Waals surface area (Å²) in [6.07, 6.45) is 1.03. The van der Waals surface area contributed by atoms with Crippen LogP contribution in [-0.4, -0.2) is 66.7 Å². The number of carbonyl (C=O) groups excluding carboxylic acids is 2. The van der Waals surface area contributed by atoms with Gasteiger partial charge in [-0.25, -0.2) is 14.4 Å². The molecule has 2 rings (SSSR count). The smallest absolute Gasteiger partial charge is 0.328 e. The summed E-state index contributed by atoms with van der Waals surface area (Å²) in [5.74, 6) is -1.93. The van der Waals surface area contributed by atoms with Crippen LogP contribution in [0.5, 0.6) is 5.75 Å². The zero-order valence-electron chi connectivity index (χ0n) is 15.5. The van der Waals surface area contributed by atoms with Gasteiger partial charge in [-0.15, -0.1) is 0 Å². The number of hydrogen-bond donors (Lipinski definition) is 3. The quantitative estimate of drug-likeness (QED) is 0.244. The molecule has 2 amide bonds. The van der Waals surface area contributed by atoms with Crippen LogP contribution in [0, 0.1) is 0 Å². The zero-order valence-corrected chi connectivity index (χ0v) is 16.3. The van der Waals surface area contributed by atoms with E-state index in [9.17, 15) is 28.3 Å². The number of hydrogen-bond acceptors (Lipinski definition) is 6. The minimum absolute atomic E-state index is 0.156. The van der Waals surface area contributed by atoms with Crippen molar-refractivity contribution in [1.29, 1.82) is 0 Å². The van der Waals surface area contributed by atoms with E-state index in [-0.39, 0.29) is 12.0 Å². The van der Waals surface area contributed by atoms with Crippen LogP contribution in [0.15, 0.2) is 29.4 Å². The molecule has 28 heavy (non-hydrogen) atoms. The number of carbonyl (C=O) groups is 3. The predicted octanol–water partition coefficient (Wildman–Crippen LogP) is 0.465. The molecule has 11 heteroatoms. The van der Waals surface area contributed by atoms with Gasteiger partial charge in [0.05, 0.1) is 7.11 Å². The number of carboxylic acid groups (broad SMARTS) is 1. The Morgan fingerprint density at radius 3 is 2.46 bits per heavy atom. The van der Waals surface area contributed by atoms with Crippen LogP contribution in [0.3, 0.4) is 0 Å². The van der Waals surface area contributed by atoms with Crippen molar-refractivity contribution in [3.63, 3.8) is 0 Å². The van der Waals surface area contributed by atoms with Gasteiger partial charge in [-0.05, 0) is 38.1 Å². The molecule has 152 valence electrons. The molecule has 0 spiro atoms. The van der Waals surface area contributed by atoms with E-state index in [2.05, 4.69) is 10.5 Å². The Labute approximate surface area is 163 Å². The molecule has 0 aliphatic carbocycles. The first kappa shape index (κ1) is 21.5. The van der Waals surface area contributed by atoms with Gasteiger partial charge in [0.25, 0.3) is 5.91 Å². The highest BCUT2D eigenvalue weighted by atomic mass is 32.2. The minimum atomic E-state index is -2.69. The summed E-state index contributed by atoms with van der Waals surface area (Å²) in [5, 5.41) is 13.2. The van der Waals surface area contributed by atoms with E-state index in [1.807, 2.05) is 0 Å². The summed E-state index contributed by atoms with van der Waals surface area (Å²) in [7, 11) is 1.48. The number of amides is 2. The number of aliphatic carboxylic acids is 1. The van der Waals surface area contributed by atoms with Gasteiger partial charge in [0.15, 0.2) is 17.1 Å². The van der Waals surface area contributed by atoms with Gasteiger partial charge in [-0.1, -0.05) is 0 Å². The molecule has 0 aromatic heterocycles. The van der Waals surface area contributed by atoms with Gasteiger partial charge < -0.3 is 19.3 Å². The Kier molecular flexibility index (Phi) is 6.52. The van der Waals surface area contributed by atoms with Gasteiger partial charge >= 0.3 is 5.97 Å². The van der Waals surface area contributed by atoms with Crippen molar-refractivity contribution in [3.8, 4) is 5.75 Å². The van der Waals surface area contributed by atoms with Crippen LogP contribution >= 0.6 is 0 Å². The molecule has 1 aromatic rings. The predicted molar refractivity (Wildman–Crippen MR) is 100 cm³/mol. The van der Waals surface area contributed by atoms with Crippen molar-refractivity contribution in [1.82, 2.24) is 10.3 Å². The number of carboxylic acids is 1. The van der Waals surface area contributed by atoms with Gasteiger partial charge in [0.2, 0.25) is 5.91 Å². The Balaban J connectivity index is 2.21. The number of ether oxygens (including phenoxy) is 1. The lowest BCUT2D eigenvalue weighted by Crippen LogP contribution is -2.67. The minimum Gasteiger partial charge on any atom is -0.497 e. The molecule has 1 aliphatic rings. The molecule has 10 nitrogen and oxygen atoms in total. The second-order valence-electron chi connectivity index (χ2n) is 6.46. The number of nitrogens with zero attached hydrogens (tertiary/aromatic N) is 2. The average Bonchev–Trinajstić information content (AvgIpc) is 2.65. The molecule has 1 saturated heterocycles. The summed E-state index contributed by atoms with van der Waals surface area (Å²) < 4.78 is 24.7. The number of likely N-dealkylation sites (tertiary alicyclic amines) is 1. The molecule has 3 N–H and O–H groups in total. The van der Waals surface area contributed by atoms with Crippen molar-refractivity contribution in [2.45, 2.75) is 37.1 Å². The Morgan fingerprint density at radius 1 is 1.43 bits per heavy atom. The van der Waals surface area contributed by atoms with Crippen molar-refractivity contribution in [2.75, 3.05) is 7.11 Å². The topological polar surface area (TPSA) is 146 Å². The number of β-lactam (4-membered cyclic amide) rings is 1. The number of nitrogens with one attached hydrogen (secondary N) is 1. The van der Waals surface area contributed by atoms with E-state index in [1.165, 1.54) is 26.2 Å². The number of hydrazone groups is 1. The molecule has 0 bridgehead atoms. The fraction of sp³-hybridized carbons (Fsp3) is 0.412. The number of rotatable bonds is 8. The van der Waals surface area contributed by atoms with E-state index < -0.39 is 45.7 Å². The van der Waals surface area contributed by atoms with Crippen LogP contribution < -0.4 is 10.2 Å². The van der Waals surface area contributed by atoms with Crippen molar-refractivity contribution in [3.05, 3.63) is 29.8 Å². The molecule has 4 atom stereocenters. The highest BCUT2D eigenvalue weighted by Gasteiger charge is 2.53. The third kappa shape index (κ3) is 4.20. The SMILES string of the molecule is COc1ccc(C(=O)N/N=C/[C@@](C)([C@H](C(=O)O)N2C(=O)C[C@H]2C)S(=O)O)cc1. The van der Waals surface area contributed by atoms with Crippen LogP contribution in [0.2, 0.25) is 0 Å². The molecule has 1 heterocycles. The van der Waals surface area contributed by atoms with E-state index in [0.717, 1.165) is 11.1 Å². The first-order valence-corrected chi connectivity index (χ1v) is 9.36. The van der Waals surface area contributed by atoms with E-state index in [1.54, 1.807) is 19.1 Å². The lowest BCUT2D eigenvalue weighted by atomic mass is 9.92. The lowest BCUT2D eigenvalue weighted by Gasteiger charge is -2.46. The maximum atomic E-state index is 12.1. The number of methoxy groups -OCH3 is 1. The van der Waals surface area contributed by atoms with E-state index in [0.29, 0.717) is 5.75 Å². The normalized spacial score (nSPS) is 20.8. The zero-order chi connectivity index (χ0) is 21.1. The fourth-order valence-electron chi connectivity index (χ4n) is 2.87. The van der Waals surface area contributed by atoms with Crippen molar-refractivity contribution >= 4 is 35.1 Å². The van der Waals surface area contributed by atoms with Crippen LogP contribution in [-0.2, 0) is 20.7 Å². The second kappa shape index (κ2) is 8.48. The third-order valence-electron chi connectivity index (χ3n) is 4.50. The summed E-state index contributed by atoms with van der Waals surface area (Å²) in [5.41, 5.74) is 2.44. The lowest BCUT2D eigenvalue weighted by molar-refractivity contribution is -0.161. The van der Waals surface area contributed by atoms with Gasteiger partial charge in [0.1, 0.15) is 10.5 Å². The summed E-state index contributed by atoms with van der Waals surface area (Å²) >= 11 is -2.69. The van der Waals surface area contributed by atoms with Crippen molar-refractivity contribution < 1.29 is 33.0 Å². The Morgan fingerprint density at radius 2 is 2.04 bits per heavy atom. The summed E-state index contributed by atoms with van der Waals surface area (Å²) in [6.45, 7) is 2.82. The van der Waals surface area contributed by atoms with Gasteiger partial charge in [-0.3, -0.25) is 9.59 Å². The molecular formula is C17H21N3O7S. The van der Waals surface area contributed by atoms with E-state index in [4.69, 9.17) is 4.74 Å². The molecular weight excluding hydrogens is 390 g/mol. The summed E-state index contributed by atoms with van der Waals surface area (Å²) in [6, 6.07) is 4.13. The molecule has 0 radical (unpaired) electrons. The largest absolute Gasteiger partial charge is 0.497 e. The summed E-state index contributed by atoms with van der Waals surface area (Å²) in [4.78, 5) is 36.7. The first-order valence-electron chi connectivity index (χ1n) is 8.25. The maximum absolute atomic E-state index is 12.1. The Hall–Kier alpha value is -2.79. The first-order chi connectivity index (χ1) is 13.1. The fourth-order valence-corrected chi connectivity index (χ4v) is 3.41. The third-order valence-corrected chi connectivity index (χ3v) is 5.58. The highest BCUT2D eigenvalue weighted by Crippen LogP contribution is 2.30. The average molecular weight is 411 g/mol. The Bertz CT molecular complexity index is 827. The van der Waals surface area contributed by atoms with Crippen LogP contribution in [0.1, 0.15) is 30.6 Å². The van der Waals surface area contributed by atoms with Crippen LogP contribution in [0.25, 0.3) is 0 Å². The molecule has 1 unspecified atom stereocenters. The second-order valence-corrected chi connectivity index (χ2v) is 7.83. The highest BCUT2D eigenvalue weighted by molar-refractivity contribution is 7.81. The van der Waals surface area contributed by atoms with Gasteiger partial charge in [-0.2, -0.15) is 5.10 Å². The van der Waals surface area contributed by atoms with E-state index >= 15 is 0 Å². The van der Waals surface area contributed by atoms with Gasteiger partial charge in [0, 0.05) is 24.2 Å². The number of benzene rings is 1. The maximum Gasteiger partial charge on any atom is 0.328 e. The van der Waals surface area contributed by atoms with Crippen LogP contribution in [0.4, 0.5) is 0 Å². The monoisotopic (exact) mass is 411 g/mol.